The Labute approximate surface area is 146 Å². The quantitative estimate of drug-likeness (QED) is 0.753. The minimum absolute atomic E-state index is 0.0764. The van der Waals surface area contributed by atoms with Gasteiger partial charge in [-0.3, -0.25) is 9.59 Å². The number of nitrogens with one attached hydrogen (secondary N) is 1. The van der Waals surface area contributed by atoms with Gasteiger partial charge in [-0.2, -0.15) is 4.31 Å². The lowest BCUT2D eigenvalue weighted by Gasteiger charge is -2.27. The monoisotopic (exact) mass is 370 g/mol. The van der Waals surface area contributed by atoms with Crippen LogP contribution in [0.3, 0.4) is 0 Å². The lowest BCUT2D eigenvalue weighted by molar-refractivity contribution is -0.138. The van der Waals surface area contributed by atoms with Gasteiger partial charge in [-0.25, -0.2) is 8.42 Å². The highest BCUT2D eigenvalue weighted by molar-refractivity contribution is 7.89. The molecule has 0 bridgehead atoms. The van der Waals surface area contributed by atoms with E-state index in [0.29, 0.717) is 25.2 Å². The van der Waals surface area contributed by atoms with Crippen LogP contribution in [0.2, 0.25) is 0 Å². The number of aryl methyl sites for hydroxylation is 1. The molecule has 25 heavy (non-hydrogen) atoms. The van der Waals surface area contributed by atoms with Crippen molar-refractivity contribution in [1.29, 1.82) is 0 Å². The van der Waals surface area contributed by atoms with Crippen LogP contribution in [-0.4, -0.2) is 62.1 Å². The van der Waals surface area contributed by atoms with E-state index in [1.165, 1.54) is 23.4 Å². The summed E-state index contributed by atoms with van der Waals surface area (Å²) in [4.78, 5) is 23.2. The topological polar surface area (TPSA) is 113 Å². The smallest absolute Gasteiger partial charge is 0.325 e. The molecule has 0 aromatic heterocycles. The van der Waals surface area contributed by atoms with Crippen molar-refractivity contribution < 1.29 is 27.9 Å². The molecule has 1 aromatic carbocycles. The molecule has 2 N–H and O–H groups in total. The summed E-state index contributed by atoms with van der Waals surface area (Å²) in [7, 11) is -3.75. The van der Waals surface area contributed by atoms with E-state index in [1.807, 2.05) is 6.92 Å². The van der Waals surface area contributed by atoms with Crippen molar-refractivity contribution in [2.24, 2.45) is 0 Å². The molecule has 1 saturated heterocycles. The van der Waals surface area contributed by atoms with Crippen molar-refractivity contribution in [2.75, 3.05) is 26.3 Å². The van der Waals surface area contributed by atoms with Crippen LogP contribution in [0.5, 0.6) is 0 Å². The molecule has 0 saturated carbocycles. The second-order valence-corrected chi connectivity index (χ2v) is 7.63. The maximum Gasteiger partial charge on any atom is 0.325 e. The maximum atomic E-state index is 12.9. The van der Waals surface area contributed by atoms with Gasteiger partial charge in [0.25, 0.3) is 5.91 Å². The third-order valence-corrected chi connectivity index (χ3v) is 6.00. The number of benzene rings is 1. The summed E-state index contributed by atoms with van der Waals surface area (Å²) in [6, 6.07) is 3.33. The van der Waals surface area contributed by atoms with Crippen LogP contribution in [0, 0.1) is 0 Å². The number of carbonyl (C=O) groups excluding carboxylic acids is 1. The number of carboxylic acid groups (broad SMARTS) is 1. The Kier molecular flexibility index (Phi) is 6.15. The number of carbonyl (C=O) groups is 2. The fraction of sp³-hybridized carbons (Fsp3) is 0.500. The molecule has 1 fully saturated rings. The first kappa shape index (κ1) is 19.4. The molecular weight excluding hydrogens is 348 g/mol. The third-order valence-electron chi connectivity index (χ3n) is 4.02. The van der Waals surface area contributed by atoms with Crippen LogP contribution in [-0.2, 0) is 26.0 Å². The van der Waals surface area contributed by atoms with Gasteiger partial charge in [-0.05, 0) is 31.0 Å². The molecule has 1 amide bonds. The molecule has 138 valence electrons. The van der Waals surface area contributed by atoms with E-state index >= 15 is 0 Å². The first-order chi connectivity index (χ1) is 11.8. The Morgan fingerprint density at radius 3 is 2.52 bits per heavy atom. The van der Waals surface area contributed by atoms with Crippen molar-refractivity contribution in [3.05, 3.63) is 29.3 Å². The molecule has 0 spiro atoms. The van der Waals surface area contributed by atoms with Crippen LogP contribution < -0.4 is 5.32 Å². The molecule has 1 atom stereocenters. The molecule has 0 radical (unpaired) electrons. The number of sulfonamides is 1. The molecule has 2 rings (SSSR count). The average Bonchev–Trinajstić information content (AvgIpc) is 2.61. The van der Waals surface area contributed by atoms with Crippen LogP contribution >= 0.6 is 0 Å². The lowest BCUT2D eigenvalue weighted by atomic mass is 10.1. The van der Waals surface area contributed by atoms with Gasteiger partial charge in [0.1, 0.15) is 6.04 Å². The Morgan fingerprint density at radius 2 is 1.96 bits per heavy atom. The summed E-state index contributed by atoms with van der Waals surface area (Å²) in [5.41, 5.74) is 0.714. The highest BCUT2D eigenvalue weighted by Gasteiger charge is 2.29. The number of hydrogen-bond donors (Lipinski definition) is 2. The molecule has 1 aromatic rings. The molecule has 1 aliphatic rings. The van der Waals surface area contributed by atoms with Gasteiger partial charge in [0.05, 0.1) is 18.1 Å². The molecule has 1 aliphatic heterocycles. The number of rotatable bonds is 6. The second-order valence-electron chi connectivity index (χ2n) is 5.73. The predicted octanol–water partition coefficient (Wildman–Crippen LogP) is 0.473. The van der Waals surface area contributed by atoms with Gasteiger partial charge >= 0.3 is 5.97 Å². The van der Waals surface area contributed by atoms with Crippen molar-refractivity contribution in [3.63, 3.8) is 0 Å². The number of aliphatic carboxylic acids is 1. The highest BCUT2D eigenvalue weighted by Crippen LogP contribution is 2.23. The van der Waals surface area contributed by atoms with Gasteiger partial charge in [-0.15, -0.1) is 0 Å². The fourth-order valence-corrected chi connectivity index (χ4v) is 4.22. The van der Waals surface area contributed by atoms with E-state index in [-0.39, 0.29) is 23.5 Å². The molecular formula is C16H22N2O6S. The van der Waals surface area contributed by atoms with Crippen molar-refractivity contribution in [2.45, 2.75) is 31.2 Å². The van der Waals surface area contributed by atoms with Gasteiger partial charge in [0.15, 0.2) is 0 Å². The minimum Gasteiger partial charge on any atom is -0.480 e. The van der Waals surface area contributed by atoms with Gasteiger partial charge in [-0.1, -0.05) is 13.0 Å². The van der Waals surface area contributed by atoms with E-state index < -0.39 is 27.9 Å². The molecule has 1 unspecified atom stereocenters. The SMILES string of the molecule is CCc1ccc(C(=O)NC(C)C(=O)O)cc1S(=O)(=O)N1CCOCC1. The number of ether oxygens (including phenoxy) is 1. The van der Waals surface area contributed by atoms with Crippen LogP contribution in [0.25, 0.3) is 0 Å². The average molecular weight is 370 g/mol. The molecule has 1 heterocycles. The number of carboxylic acids is 1. The van der Waals surface area contributed by atoms with E-state index in [4.69, 9.17) is 9.84 Å². The zero-order chi connectivity index (χ0) is 18.6. The summed E-state index contributed by atoms with van der Waals surface area (Å²) >= 11 is 0. The number of morpholine rings is 1. The highest BCUT2D eigenvalue weighted by atomic mass is 32.2. The normalized spacial score (nSPS) is 17.0. The Bertz CT molecular complexity index is 756. The summed E-state index contributed by atoms with van der Waals surface area (Å²) < 4.78 is 32.4. The number of nitrogens with zero attached hydrogens (tertiary/aromatic N) is 1. The summed E-state index contributed by atoms with van der Waals surface area (Å²) in [5, 5.41) is 11.2. The van der Waals surface area contributed by atoms with E-state index in [0.717, 1.165) is 0 Å². The van der Waals surface area contributed by atoms with Gasteiger partial charge in [0, 0.05) is 18.7 Å². The standard InChI is InChI=1S/C16H22N2O6S/c1-3-12-4-5-13(15(19)17-11(2)16(20)21)10-14(12)25(22,23)18-6-8-24-9-7-18/h4-5,10-11H,3,6-9H2,1-2H3,(H,17,19)(H,20,21). The number of hydrogen-bond acceptors (Lipinski definition) is 5. The van der Waals surface area contributed by atoms with Gasteiger partial charge < -0.3 is 15.2 Å². The number of amides is 1. The summed E-state index contributed by atoms with van der Waals surface area (Å²) in [6.45, 7) is 4.36. The largest absolute Gasteiger partial charge is 0.480 e. The first-order valence-corrected chi connectivity index (χ1v) is 9.46. The zero-order valence-electron chi connectivity index (χ0n) is 14.2. The summed E-state index contributed by atoms with van der Waals surface area (Å²) in [5.74, 6) is -1.80. The lowest BCUT2D eigenvalue weighted by Crippen LogP contribution is -2.41. The first-order valence-electron chi connectivity index (χ1n) is 8.02. The van der Waals surface area contributed by atoms with Crippen molar-refractivity contribution in [3.8, 4) is 0 Å². The second kappa shape index (κ2) is 7.94. The molecule has 9 heteroatoms. The molecule has 0 aliphatic carbocycles. The Balaban J connectivity index is 2.36. The predicted molar refractivity (Wildman–Crippen MR) is 90.0 cm³/mol. The van der Waals surface area contributed by atoms with Crippen LogP contribution in [0.1, 0.15) is 29.8 Å². The Morgan fingerprint density at radius 1 is 1.32 bits per heavy atom. The van der Waals surface area contributed by atoms with Crippen LogP contribution in [0.15, 0.2) is 23.1 Å². The van der Waals surface area contributed by atoms with E-state index in [9.17, 15) is 18.0 Å². The van der Waals surface area contributed by atoms with Crippen molar-refractivity contribution in [1.82, 2.24) is 9.62 Å². The third kappa shape index (κ3) is 4.36. The minimum atomic E-state index is -3.75. The Hall–Kier alpha value is -1.97. The van der Waals surface area contributed by atoms with E-state index in [1.54, 1.807) is 6.07 Å². The van der Waals surface area contributed by atoms with E-state index in [2.05, 4.69) is 5.32 Å². The summed E-state index contributed by atoms with van der Waals surface area (Å²) in [6.07, 6.45) is 0.492. The zero-order valence-corrected chi connectivity index (χ0v) is 15.0. The fourth-order valence-electron chi connectivity index (χ4n) is 2.50. The molecule has 8 nitrogen and oxygen atoms in total. The maximum absolute atomic E-state index is 12.9. The van der Waals surface area contributed by atoms with Crippen molar-refractivity contribution >= 4 is 21.9 Å². The van der Waals surface area contributed by atoms with Gasteiger partial charge in [0.2, 0.25) is 10.0 Å². The van der Waals surface area contributed by atoms with Crippen LogP contribution in [0.4, 0.5) is 0 Å².